The van der Waals surface area contributed by atoms with Crippen LogP contribution in [0.3, 0.4) is 0 Å². The second-order valence-electron chi connectivity index (χ2n) is 6.12. The number of carboxylic acid groups (broad SMARTS) is 1. The van der Waals surface area contributed by atoms with Crippen molar-refractivity contribution in [2.24, 2.45) is 5.92 Å². The highest BCUT2D eigenvalue weighted by molar-refractivity contribution is 9.10. The normalized spacial score (nSPS) is 29.3. The van der Waals surface area contributed by atoms with E-state index >= 15 is 0 Å². The Labute approximate surface area is 132 Å². The van der Waals surface area contributed by atoms with Crippen LogP contribution in [-0.2, 0) is 11.3 Å². The molecule has 0 amide bonds. The van der Waals surface area contributed by atoms with Crippen LogP contribution in [0.4, 0.5) is 4.39 Å². The number of rotatable bonds is 3. The van der Waals surface area contributed by atoms with Crippen LogP contribution >= 0.6 is 15.9 Å². The zero-order chi connectivity index (χ0) is 15.0. The van der Waals surface area contributed by atoms with Gasteiger partial charge in [0, 0.05) is 12.6 Å². The predicted molar refractivity (Wildman–Crippen MR) is 81.4 cm³/mol. The van der Waals surface area contributed by atoms with Crippen molar-refractivity contribution >= 4 is 21.9 Å². The lowest BCUT2D eigenvalue weighted by molar-refractivity contribution is -0.142. The van der Waals surface area contributed by atoms with Crippen LogP contribution in [0.5, 0.6) is 0 Å². The molecule has 2 aliphatic rings. The van der Waals surface area contributed by atoms with E-state index in [-0.39, 0.29) is 5.82 Å². The second-order valence-corrected chi connectivity index (χ2v) is 6.98. The molecular weight excluding hydrogens is 337 g/mol. The van der Waals surface area contributed by atoms with E-state index in [0.29, 0.717) is 23.0 Å². The Balaban J connectivity index is 1.82. The fraction of sp³-hybridized carbons (Fsp3) is 0.562. The lowest BCUT2D eigenvalue weighted by Crippen LogP contribution is -2.41. The van der Waals surface area contributed by atoms with Crippen molar-refractivity contribution in [1.29, 1.82) is 0 Å². The maximum Gasteiger partial charge on any atom is 0.320 e. The third kappa shape index (κ3) is 2.99. The number of aliphatic carboxylic acids is 1. The Bertz CT molecular complexity index is 551. The summed E-state index contributed by atoms with van der Waals surface area (Å²) >= 11 is 3.20. The number of nitrogens with zero attached hydrogens (tertiary/aromatic N) is 1. The maximum atomic E-state index is 13.3. The molecule has 2 fully saturated rings. The van der Waals surface area contributed by atoms with Crippen molar-refractivity contribution in [2.45, 2.75) is 50.7 Å². The first-order valence-corrected chi connectivity index (χ1v) is 8.28. The van der Waals surface area contributed by atoms with Gasteiger partial charge in [-0.15, -0.1) is 0 Å². The number of carbonyl (C=O) groups is 1. The number of fused-ring (bicyclic) bond motifs is 1. The molecule has 0 spiro atoms. The summed E-state index contributed by atoms with van der Waals surface area (Å²) < 4.78 is 13.8. The molecule has 1 heterocycles. The summed E-state index contributed by atoms with van der Waals surface area (Å²) in [6, 6.07) is 4.90. The van der Waals surface area contributed by atoms with Crippen LogP contribution in [0.1, 0.15) is 37.7 Å². The average Bonchev–Trinajstić information content (AvgIpc) is 2.82. The topological polar surface area (TPSA) is 40.5 Å². The van der Waals surface area contributed by atoms with Crippen LogP contribution in [-0.4, -0.2) is 28.1 Å². The number of halogens is 2. The SMILES string of the molecule is O=C(O)[C@@H]1C[C@H]2CCCC[C@@H]2N1Cc1ccc(F)c(Br)c1. The van der Waals surface area contributed by atoms with Crippen LogP contribution in [0.25, 0.3) is 0 Å². The molecule has 1 saturated carbocycles. The summed E-state index contributed by atoms with van der Waals surface area (Å²) in [5, 5.41) is 9.50. The summed E-state index contributed by atoms with van der Waals surface area (Å²) in [5.74, 6) is -0.514. The molecule has 5 heteroatoms. The number of hydrogen-bond acceptors (Lipinski definition) is 2. The van der Waals surface area contributed by atoms with Gasteiger partial charge in [0.05, 0.1) is 4.47 Å². The Hall–Kier alpha value is -0.940. The van der Waals surface area contributed by atoms with Gasteiger partial charge in [0.1, 0.15) is 11.9 Å². The van der Waals surface area contributed by atoms with E-state index in [0.717, 1.165) is 24.8 Å². The monoisotopic (exact) mass is 355 g/mol. The molecule has 1 N–H and O–H groups in total. The molecule has 1 aromatic carbocycles. The van der Waals surface area contributed by atoms with Gasteiger partial charge in [-0.1, -0.05) is 18.9 Å². The number of benzene rings is 1. The molecule has 1 aromatic rings. The molecule has 3 atom stereocenters. The van der Waals surface area contributed by atoms with Gasteiger partial charge in [0.25, 0.3) is 0 Å². The summed E-state index contributed by atoms with van der Waals surface area (Å²) in [7, 11) is 0. The second kappa shape index (κ2) is 6.05. The Kier molecular flexibility index (Phi) is 4.31. The smallest absolute Gasteiger partial charge is 0.320 e. The largest absolute Gasteiger partial charge is 0.480 e. The lowest BCUT2D eigenvalue weighted by atomic mass is 9.84. The molecule has 0 radical (unpaired) electrons. The van der Waals surface area contributed by atoms with Crippen molar-refractivity contribution in [3.63, 3.8) is 0 Å². The van der Waals surface area contributed by atoms with Crippen LogP contribution in [0.2, 0.25) is 0 Å². The molecule has 0 bridgehead atoms. The van der Waals surface area contributed by atoms with Gasteiger partial charge in [-0.2, -0.15) is 0 Å². The fourth-order valence-corrected chi connectivity index (χ4v) is 4.30. The molecule has 0 unspecified atom stereocenters. The number of likely N-dealkylation sites (tertiary alicyclic amines) is 1. The van der Waals surface area contributed by atoms with Crippen molar-refractivity contribution < 1.29 is 14.3 Å². The summed E-state index contributed by atoms with van der Waals surface area (Å²) in [6.45, 7) is 0.580. The zero-order valence-electron chi connectivity index (χ0n) is 11.8. The molecule has 21 heavy (non-hydrogen) atoms. The minimum Gasteiger partial charge on any atom is -0.480 e. The lowest BCUT2D eigenvalue weighted by Gasteiger charge is -2.33. The maximum absolute atomic E-state index is 13.3. The summed E-state index contributed by atoms with van der Waals surface area (Å²) in [4.78, 5) is 13.7. The van der Waals surface area contributed by atoms with Gasteiger partial charge in [0.2, 0.25) is 0 Å². The first-order chi connectivity index (χ1) is 10.1. The quantitative estimate of drug-likeness (QED) is 0.896. The van der Waals surface area contributed by atoms with E-state index in [1.807, 2.05) is 0 Å². The van der Waals surface area contributed by atoms with Crippen LogP contribution in [0.15, 0.2) is 22.7 Å². The highest BCUT2D eigenvalue weighted by Gasteiger charge is 2.44. The standard InChI is InChI=1S/C16H19BrFNO2/c17-12-7-10(5-6-13(12)18)9-19-14-4-2-1-3-11(14)8-15(19)16(20)21/h5-7,11,14-15H,1-4,8-9H2,(H,20,21)/t11-,14+,15+/m1/s1. The average molecular weight is 356 g/mol. The van der Waals surface area contributed by atoms with E-state index < -0.39 is 12.0 Å². The Morgan fingerprint density at radius 3 is 2.86 bits per heavy atom. The minimum atomic E-state index is -0.731. The van der Waals surface area contributed by atoms with E-state index in [1.165, 1.54) is 18.9 Å². The molecule has 1 aliphatic carbocycles. The van der Waals surface area contributed by atoms with Crippen molar-refractivity contribution in [1.82, 2.24) is 4.90 Å². The molecular formula is C16H19BrFNO2. The molecule has 3 nitrogen and oxygen atoms in total. The van der Waals surface area contributed by atoms with Gasteiger partial charge in [0.15, 0.2) is 0 Å². The highest BCUT2D eigenvalue weighted by atomic mass is 79.9. The first kappa shape index (κ1) is 15.0. The van der Waals surface area contributed by atoms with Crippen molar-refractivity contribution in [2.75, 3.05) is 0 Å². The van der Waals surface area contributed by atoms with Gasteiger partial charge in [-0.25, -0.2) is 4.39 Å². The van der Waals surface area contributed by atoms with Gasteiger partial charge >= 0.3 is 5.97 Å². The van der Waals surface area contributed by atoms with E-state index in [4.69, 9.17) is 0 Å². The Morgan fingerprint density at radius 2 is 2.14 bits per heavy atom. The predicted octanol–water partition coefficient (Wildman–Crippen LogP) is 3.81. The van der Waals surface area contributed by atoms with Gasteiger partial charge in [-0.3, -0.25) is 9.69 Å². The molecule has 1 saturated heterocycles. The number of carboxylic acids is 1. The third-order valence-electron chi connectivity index (χ3n) is 4.86. The molecule has 3 rings (SSSR count). The summed E-state index contributed by atoms with van der Waals surface area (Å²) in [6.07, 6.45) is 5.36. The van der Waals surface area contributed by atoms with E-state index in [2.05, 4.69) is 20.8 Å². The first-order valence-electron chi connectivity index (χ1n) is 7.48. The Morgan fingerprint density at radius 1 is 1.38 bits per heavy atom. The van der Waals surface area contributed by atoms with E-state index in [9.17, 15) is 14.3 Å². The molecule has 0 aromatic heterocycles. The van der Waals surface area contributed by atoms with Gasteiger partial charge < -0.3 is 5.11 Å². The van der Waals surface area contributed by atoms with Crippen LogP contribution in [0, 0.1) is 11.7 Å². The minimum absolute atomic E-state index is 0.287. The van der Waals surface area contributed by atoms with E-state index in [1.54, 1.807) is 12.1 Å². The summed E-state index contributed by atoms with van der Waals surface area (Å²) in [5.41, 5.74) is 0.959. The highest BCUT2D eigenvalue weighted by Crippen LogP contribution is 2.40. The number of hydrogen-bond donors (Lipinski definition) is 1. The zero-order valence-corrected chi connectivity index (χ0v) is 13.4. The van der Waals surface area contributed by atoms with Crippen LogP contribution < -0.4 is 0 Å². The van der Waals surface area contributed by atoms with Crippen molar-refractivity contribution in [3.05, 3.63) is 34.1 Å². The third-order valence-corrected chi connectivity index (χ3v) is 5.46. The van der Waals surface area contributed by atoms with Gasteiger partial charge in [-0.05, 0) is 58.8 Å². The fourth-order valence-electron chi connectivity index (χ4n) is 3.87. The molecule has 114 valence electrons. The van der Waals surface area contributed by atoms with Crippen molar-refractivity contribution in [3.8, 4) is 0 Å². The molecule has 1 aliphatic heterocycles.